The van der Waals surface area contributed by atoms with Crippen LogP contribution in [0.3, 0.4) is 0 Å². The molecule has 5 heteroatoms. The Hall–Kier alpha value is -1.88. The maximum Gasteiger partial charge on any atom is 0.251 e. The summed E-state index contributed by atoms with van der Waals surface area (Å²) in [6, 6.07) is 7.84. The molecule has 1 aliphatic rings. The standard InChI is InChI=1S/C18H27N3O2/c1-19-18(23)15-10-8-14(9-11-15)12-21(2)13-17(22)20-16-6-4-3-5-7-16/h8-11,16H,3-7,12-13H2,1-2H3,(H,19,23)(H,20,22). The molecule has 0 aliphatic heterocycles. The van der Waals surface area contributed by atoms with Crippen molar-refractivity contribution in [1.82, 2.24) is 15.5 Å². The van der Waals surface area contributed by atoms with Crippen molar-refractivity contribution in [1.29, 1.82) is 0 Å². The molecule has 0 heterocycles. The normalized spacial score (nSPS) is 15.4. The molecule has 126 valence electrons. The van der Waals surface area contributed by atoms with E-state index in [1.807, 2.05) is 36.2 Å². The summed E-state index contributed by atoms with van der Waals surface area (Å²) >= 11 is 0. The Balaban J connectivity index is 1.78. The molecule has 0 atom stereocenters. The highest BCUT2D eigenvalue weighted by molar-refractivity contribution is 5.93. The Morgan fingerprint density at radius 2 is 1.78 bits per heavy atom. The number of hydrogen-bond donors (Lipinski definition) is 2. The second-order valence-corrected chi connectivity index (χ2v) is 6.35. The lowest BCUT2D eigenvalue weighted by molar-refractivity contribution is -0.123. The van der Waals surface area contributed by atoms with Gasteiger partial charge in [-0.3, -0.25) is 14.5 Å². The Morgan fingerprint density at radius 1 is 1.13 bits per heavy atom. The van der Waals surface area contributed by atoms with Gasteiger partial charge in [0.05, 0.1) is 6.54 Å². The summed E-state index contributed by atoms with van der Waals surface area (Å²) in [5.41, 5.74) is 1.74. The van der Waals surface area contributed by atoms with Crippen molar-refractivity contribution in [2.24, 2.45) is 0 Å². The molecule has 2 rings (SSSR count). The van der Waals surface area contributed by atoms with E-state index in [1.54, 1.807) is 7.05 Å². The summed E-state index contributed by atoms with van der Waals surface area (Å²) in [6.07, 6.45) is 5.95. The SMILES string of the molecule is CNC(=O)c1ccc(CN(C)CC(=O)NC2CCCCC2)cc1. The topological polar surface area (TPSA) is 61.4 Å². The summed E-state index contributed by atoms with van der Waals surface area (Å²) in [4.78, 5) is 25.6. The van der Waals surface area contributed by atoms with Crippen molar-refractivity contribution < 1.29 is 9.59 Å². The minimum Gasteiger partial charge on any atom is -0.355 e. The molecule has 0 saturated heterocycles. The van der Waals surface area contributed by atoms with E-state index in [1.165, 1.54) is 19.3 Å². The lowest BCUT2D eigenvalue weighted by Crippen LogP contribution is -2.41. The van der Waals surface area contributed by atoms with Gasteiger partial charge in [0.15, 0.2) is 0 Å². The third kappa shape index (κ3) is 5.67. The van der Waals surface area contributed by atoms with Crippen molar-refractivity contribution >= 4 is 11.8 Å². The molecule has 1 aliphatic carbocycles. The molecule has 0 radical (unpaired) electrons. The first-order valence-corrected chi connectivity index (χ1v) is 8.37. The molecule has 0 aromatic heterocycles. The van der Waals surface area contributed by atoms with E-state index in [4.69, 9.17) is 0 Å². The average molecular weight is 317 g/mol. The number of benzene rings is 1. The molecule has 2 N–H and O–H groups in total. The van der Waals surface area contributed by atoms with Gasteiger partial charge in [0, 0.05) is 25.2 Å². The van der Waals surface area contributed by atoms with E-state index < -0.39 is 0 Å². The van der Waals surface area contributed by atoms with Crippen LogP contribution < -0.4 is 10.6 Å². The summed E-state index contributed by atoms with van der Waals surface area (Å²) in [5.74, 6) is 0.0122. The minimum absolute atomic E-state index is 0.0863. The zero-order chi connectivity index (χ0) is 16.7. The van der Waals surface area contributed by atoms with Crippen LogP contribution in [0.15, 0.2) is 24.3 Å². The van der Waals surface area contributed by atoms with Gasteiger partial charge in [0.25, 0.3) is 5.91 Å². The first-order chi connectivity index (χ1) is 11.1. The molecule has 1 aromatic carbocycles. The first kappa shape index (κ1) is 17.5. The number of nitrogens with zero attached hydrogens (tertiary/aromatic N) is 1. The van der Waals surface area contributed by atoms with E-state index in [9.17, 15) is 9.59 Å². The molecule has 5 nitrogen and oxygen atoms in total. The van der Waals surface area contributed by atoms with Gasteiger partial charge in [-0.05, 0) is 37.6 Å². The second kappa shape index (κ2) is 8.67. The molecule has 1 fully saturated rings. The fourth-order valence-electron chi connectivity index (χ4n) is 3.04. The van der Waals surface area contributed by atoms with Crippen molar-refractivity contribution in [3.8, 4) is 0 Å². The van der Waals surface area contributed by atoms with E-state index in [-0.39, 0.29) is 11.8 Å². The monoisotopic (exact) mass is 317 g/mol. The number of carbonyl (C=O) groups is 2. The highest BCUT2D eigenvalue weighted by Gasteiger charge is 2.16. The van der Waals surface area contributed by atoms with Crippen LogP contribution in [0.25, 0.3) is 0 Å². The van der Waals surface area contributed by atoms with E-state index in [0.717, 1.165) is 18.4 Å². The van der Waals surface area contributed by atoms with Crippen molar-refractivity contribution in [3.63, 3.8) is 0 Å². The zero-order valence-electron chi connectivity index (χ0n) is 14.1. The third-order valence-corrected chi connectivity index (χ3v) is 4.28. The number of hydrogen-bond acceptors (Lipinski definition) is 3. The Morgan fingerprint density at radius 3 is 2.39 bits per heavy atom. The predicted octanol–water partition coefficient (Wildman–Crippen LogP) is 1.93. The van der Waals surface area contributed by atoms with Crippen LogP contribution in [0.5, 0.6) is 0 Å². The molecular weight excluding hydrogens is 290 g/mol. The van der Waals surface area contributed by atoms with Crippen LogP contribution in [-0.4, -0.2) is 43.4 Å². The average Bonchev–Trinajstić information content (AvgIpc) is 2.55. The molecule has 0 bridgehead atoms. The van der Waals surface area contributed by atoms with Crippen molar-refractivity contribution in [2.45, 2.75) is 44.7 Å². The number of amides is 2. The van der Waals surface area contributed by atoms with Crippen LogP contribution in [0.1, 0.15) is 48.0 Å². The molecule has 1 aromatic rings. The van der Waals surface area contributed by atoms with E-state index in [0.29, 0.717) is 24.7 Å². The smallest absolute Gasteiger partial charge is 0.251 e. The van der Waals surface area contributed by atoms with Crippen LogP contribution in [0, 0.1) is 0 Å². The van der Waals surface area contributed by atoms with Gasteiger partial charge in [-0.25, -0.2) is 0 Å². The van der Waals surface area contributed by atoms with E-state index in [2.05, 4.69) is 10.6 Å². The molecule has 2 amide bonds. The quantitative estimate of drug-likeness (QED) is 0.843. The molecule has 0 unspecified atom stereocenters. The van der Waals surface area contributed by atoms with Crippen LogP contribution in [-0.2, 0) is 11.3 Å². The molecular formula is C18H27N3O2. The number of likely N-dealkylation sites (N-methyl/N-ethyl adjacent to an activating group) is 1. The highest BCUT2D eigenvalue weighted by atomic mass is 16.2. The molecule has 0 spiro atoms. The fraction of sp³-hybridized carbons (Fsp3) is 0.556. The minimum atomic E-state index is -0.0863. The van der Waals surface area contributed by atoms with Gasteiger partial charge in [-0.2, -0.15) is 0 Å². The Bertz CT molecular complexity index is 522. The van der Waals surface area contributed by atoms with Crippen LogP contribution >= 0.6 is 0 Å². The number of rotatable bonds is 6. The lowest BCUT2D eigenvalue weighted by Gasteiger charge is -2.24. The summed E-state index contributed by atoms with van der Waals surface area (Å²) < 4.78 is 0. The second-order valence-electron chi connectivity index (χ2n) is 6.35. The molecule has 1 saturated carbocycles. The number of nitrogens with one attached hydrogen (secondary N) is 2. The van der Waals surface area contributed by atoms with Crippen molar-refractivity contribution in [2.75, 3.05) is 20.6 Å². The first-order valence-electron chi connectivity index (χ1n) is 8.37. The fourth-order valence-corrected chi connectivity index (χ4v) is 3.04. The van der Waals surface area contributed by atoms with Gasteiger partial charge in [0.2, 0.25) is 5.91 Å². The third-order valence-electron chi connectivity index (χ3n) is 4.28. The summed E-state index contributed by atoms with van der Waals surface area (Å²) in [7, 11) is 3.56. The lowest BCUT2D eigenvalue weighted by atomic mass is 9.95. The van der Waals surface area contributed by atoms with Crippen LogP contribution in [0.4, 0.5) is 0 Å². The van der Waals surface area contributed by atoms with Crippen molar-refractivity contribution in [3.05, 3.63) is 35.4 Å². The summed E-state index contributed by atoms with van der Waals surface area (Å²) in [6.45, 7) is 1.08. The highest BCUT2D eigenvalue weighted by Crippen LogP contribution is 2.17. The zero-order valence-corrected chi connectivity index (χ0v) is 14.1. The summed E-state index contributed by atoms with van der Waals surface area (Å²) in [5, 5.41) is 5.74. The largest absolute Gasteiger partial charge is 0.355 e. The predicted molar refractivity (Wildman–Crippen MR) is 91.2 cm³/mol. The van der Waals surface area contributed by atoms with Gasteiger partial charge < -0.3 is 10.6 Å². The van der Waals surface area contributed by atoms with Gasteiger partial charge in [-0.15, -0.1) is 0 Å². The Labute approximate surface area is 138 Å². The van der Waals surface area contributed by atoms with Crippen LogP contribution in [0.2, 0.25) is 0 Å². The van der Waals surface area contributed by atoms with Gasteiger partial charge >= 0.3 is 0 Å². The maximum absolute atomic E-state index is 12.1. The number of carbonyl (C=O) groups excluding carboxylic acids is 2. The Kier molecular flexibility index (Phi) is 6.59. The van der Waals surface area contributed by atoms with E-state index >= 15 is 0 Å². The van der Waals surface area contributed by atoms with Gasteiger partial charge in [-0.1, -0.05) is 31.4 Å². The maximum atomic E-state index is 12.1. The molecule has 23 heavy (non-hydrogen) atoms. The van der Waals surface area contributed by atoms with Gasteiger partial charge in [0.1, 0.15) is 0 Å².